The maximum Gasteiger partial charge on any atom is 0.220 e. The van der Waals surface area contributed by atoms with Gasteiger partial charge in [0.15, 0.2) is 12.6 Å². The minimum atomic E-state index is -1.78. The molecule has 490 valence electrons. The Labute approximate surface area is 507 Å². The Morgan fingerprint density at radius 2 is 0.795 bits per heavy atom. The average Bonchev–Trinajstić information content (AvgIpc) is 3.65. The van der Waals surface area contributed by atoms with Gasteiger partial charge in [-0.2, -0.15) is 0 Å². The Kier molecular flexibility index (Phi) is 51.0. The SMILES string of the molecule is CCCCCCC/C=C\C/C=C\CCCCCCCCCCCCCCCC(=O)NC(COC1OC(CO)C(OC2OC(CO)C(O)C(O)C2O)C(O)C1O)C(O)CCCCCCCCCCCCCCCCCCCCCCCCCC. The molecule has 2 heterocycles. The molecule has 0 aromatic carbocycles. The van der Waals surface area contributed by atoms with Gasteiger partial charge in [0.2, 0.25) is 5.91 Å². The van der Waals surface area contributed by atoms with Crippen LogP contribution in [0.15, 0.2) is 24.3 Å². The summed E-state index contributed by atoms with van der Waals surface area (Å²) in [5.41, 5.74) is 0. The van der Waals surface area contributed by atoms with Gasteiger partial charge >= 0.3 is 0 Å². The van der Waals surface area contributed by atoms with E-state index in [0.717, 1.165) is 57.8 Å². The van der Waals surface area contributed by atoms with Crippen LogP contribution in [0.1, 0.15) is 316 Å². The molecule has 0 aliphatic carbocycles. The lowest BCUT2D eigenvalue weighted by Crippen LogP contribution is -2.65. The van der Waals surface area contributed by atoms with Gasteiger partial charge < -0.3 is 65.1 Å². The molecular weight excluding hydrogens is 1050 g/mol. The van der Waals surface area contributed by atoms with Crippen molar-refractivity contribution in [1.82, 2.24) is 5.32 Å². The fourth-order valence-electron chi connectivity index (χ4n) is 11.8. The summed E-state index contributed by atoms with van der Waals surface area (Å²) in [5, 5.41) is 87.6. The van der Waals surface area contributed by atoms with E-state index in [1.807, 2.05) is 0 Å². The molecule has 14 heteroatoms. The number of carbonyl (C=O) groups excluding carboxylic acids is 1. The Hall–Kier alpha value is -1.53. The van der Waals surface area contributed by atoms with Crippen LogP contribution in [0.2, 0.25) is 0 Å². The van der Waals surface area contributed by atoms with Gasteiger partial charge in [0.1, 0.15) is 48.8 Å². The molecule has 0 aromatic heterocycles. The molecule has 1 amide bonds. The largest absolute Gasteiger partial charge is 0.394 e. The Morgan fingerprint density at radius 3 is 1.20 bits per heavy atom. The highest BCUT2D eigenvalue weighted by molar-refractivity contribution is 5.76. The van der Waals surface area contributed by atoms with Crippen LogP contribution >= 0.6 is 0 Å². The molecule has 14 nitrogen and oxygen atoms in total. The highest BCUT2D eigenvalue weighted by Gasteiger charge is 2.51. The molecule has 2 aliphatic heterocycles. The topological polar surface area (TPSA) is 228 Å². The number of aliphatic hydroxyl groups is 8. The van der Waals surface area contributed by atoms with Gasteiger partial charge in [-0.3, -0.25) is 4.79 Å². The van der Waals surface area contributed by atoms with E-state index in [9.17, 15) is 45.6 Å². The number of carbonyl (C=O) groups is 1. The number of hydrogen-bond donors (Lipinski definition) is 9. The summed E-state index contributed by atoms with van der Waals surface area (Å²) in [7, 11) is 0. The zero-order valence-corrected chi connectivity index (χ0v) is 53.2. The summed E-state index contributed by atoms with van der Waals surface area (Å²) in [6, 6.07) is -0.829. The second kappa shape index (κ2) is 54.6. The lowest BCUT2D eigenvalue weighted by Gasteiger charge is -2.46. The summed E-state index contributed by atoms with van der Waals surface area (Å²) in [4.78, 5) is 13.3. The number of hydrogen-bond acceptors (Lipinski definition) is 13. The van der Waals surface area contributed by atoms with Gasteiger partial charge in [-0.25, -0.2) is 0 Å². The molecule has 83 heavy (non-hydrogen) atoms. The number of allylic oxidation sites excluding steroid dienone is 4. The number of amides is 1. The maximum atomic E-state index is 13.3. The third-order valence-corrected chi connectivity index (χ3v) is 17.4. The molecule has 9 N–H and O–H groups in total. The molecule has 2 rings (SSSR count). The molecular formula is C69H131NO13. The molecule has 2 aliphatic rings. The zero-order chi connectivity index (χ0) is 60.2. The second-order valence-corrected chi connectivity index (χ2v) is 25.0. The number of unbranched alkanes of at least 4 members (excludes halogenated alkanes) is 41. The van der Waals surface area contributed by atoms with Crippen molar-refractivity contribution in [2.75, 3.05) is 19.8 Å². The van der Waals surface area contributed by atoms with Crippen molar-refractivity contribution >= 4 is 5.91 Å². The van der Waals surface area contributed by atoms with Gasteiger partial charge in [0.25, 0.3) is 0 Å². The van der Waals surface area contributed by atoms with Gasteiger partial charge in [0.05, 0.1) is 32.0 Å². The standard InChI is InChI=1S/C69H131NO13/c1-3-5-7-9-11-13-15-17-19-21-23-25-27-29-31-33-35-37-39-41-43-45-47-49-51-53-61(74)70-57(56-80-68-66(79)64(77)67(60(55-72)82-68)83-69-65(78)63(76)62(75)59(54-71)81-69)58(73)52-50-48-46-44-42-40-38-36-34-32-30-28-26-24-22-20-18-16-14-12-10-8-6-4-2/h15,17,21,23,57-60,62-69,71-73,75-79H,3-14,16,18-20,22,24-56H2,1-2H3,(H,70,74)/b17-15-,23-21-. The normalized spacial score (nSPS) is 23.9. The van der Waals surface area contributed by atoms with E-state index >= 15 is 0 Å². The van der Waals surface area contributed by atoms with Crippen molar-refractivity contribution in [1.29, 1.82) is 0 Å². The Balaban J connectivity index is 1.68. The summed E-state index contributed by atoms with van der Waals surface area (Å²) in [5.74, 6) is -0.202. The van der Waals surface area contributed by atoms with Crippen LogP contribution in [0.25, 0.3) is 0 Å². The summed E-state index contributed by atoms with van der Waals surface area (Å²) >= 11 is 0. The van der Waals surface area contributed by atoms with E-state index < -0.39 is 86.8 Å². The number of aliphatic hydroxyl groups excluding tert-OH is 8. The van der Waals surface area contributed by atoms with Crippen LogP contribution < -0.4 is 5.32 Å². The Bertz CT molecular complexity index is 1490. The van der Waals surface area contributed by atoms with Crippen molar-refractivity contribution in [2.24, 2.45) is 0 Å². The lowest BCUT2D eigenvalue weighted by molar-refractivity contribution is -0.359. The third kappa shape index (κ3) is 39.2. The highest BCUT2D eigenvalue weighted by atomic mass is 16.7. The van der Waals surface area contributed by atoms with Crippen molar-refractivity contribution in [3.8, 4) is 0 Å². The van der Waals surface area contributed by atoms with E-state index in [4.69, 9.17) is 18.9 Å². The van der Waals surface area contributed by atoms with Gasteiger partial charge in [-0.15, -0.1) is 0 Å². The van der Waals surface area contributed by atoms with E-state index in [1.165, 1.54) is 231 Å². The van der Waals surface area contributed by atoms with Crippen molar-refractivity contribution in [2.45, 2.75) is 389 Å². The maximum absolute atomic E-state index is 13.3. The lowest BCUT2D eigenvalue weighted by atomic mass is 9.97. The highest BCUT2D eigenvalue weighted by Crippen LogP contribution is 2.30. The van der Waals surface area contributed by atoms with E-state index in [0.29, 0.717) is 12.8 Å². The summed E-state index contributed by atoms with van der Waals surface area (Å²) < 4.78 is 22.9. The van der Waals surface area contributed by atoms with Crippen LogP contribution in [-0.2, 0) is 23.7 Å². The first-order valence-corrected chi connectivity index (χ1v) is 35.1. The van der Waals surface area contributed by atoms with Crippen molar-refractivity contribution < 1.29 is 64.6 Å². The minimum Gasteiger partial charge on any atom is -0.394 e. The summed E-state index contributed by atoms with van der Waals surface area (Å²) in [6.07, 6.45) is 50.4. The van der Waals surface area contributed by atoms with Crippen LogP contribution in [-0.4, -0.2) is 140 Å². The zero-order valence-electron chi connectivity index (χ0n) is 53.2. The smallest absolute Gasteiger partial charge is 0.220 e. The summed E-state index contributed by atoms with van der Waals surface area (Å²) in [6.45, 7) is 2.90. The molecule has 0 spiro atoms. The van der Waals surface area contributed by atoms with Crippen LogP contribution in [0.5, 0.6) is 0 Å². The predicted octanol–water partition coefficient (Wildman–Crippen LogP) is 14.0. The van der Waals surface area contributed by atoms with Crippen molar-refractivity contribution in [3.63, 3.8) is 0 Å². The van der Waals surface area contributed by atoms with Crippen LogP contribution in [0, 0.1) is 0 Å². The number of nitrogens with one attached hydrogen (secondary N) is 1. The van der Waals surface area contributed by atoms with E-state index in [1.54, 1.807) is 0 Å². The molecule has 0 saturated carbocycles. The first kappa shape index (κ1) is 77.6. The fourth-order valence-corrected chi connectivity index (χ4v) is 11.8. The molecule has 0 aromatic rings. The molecule has 12 atom stereocenters. The molecule has 0 bridgehead atoms. The minimum absolute atomic E-state index is 0.202. The number of ether oxygens (including phenoxy) is 4. The van der Waals surface area contributed by atoms with Crippen molar-refractivity contribution in [3.05, 3.63) is 24.3 Å². The quantitative estimate of drug-likeness (QED) is 0.0204. The van der Waals surface area contributed by atoms with E-state index in [-0.39, 0.29) is 12.5 Å². The van der Waals surface area contributed by atoms with Gasteiger partial charge in [-0.1, -0.05) is 289 Å². The van der Waals surface area contributed by atoms with Crippen LogP contribution in [0.3, 0.4) is 0 Å². The predicted molar refractivity (Wildman–Crippen MR) is 337 cm³/mol. The number of rotatable bonds is 58. The Morgan fingerprint density at radius 1 is 0.434 bits per heavy atom. The second-order valence-electron chi connectivity index (χ2n) is 25.0. The third-order valence-electron chi connectivity index (χ3n) is 17.4. The first-order valence-electron chi connectivity index (χ1n) is 35.1. The van der Waals surface area contributed by atoms with Gasteiger partial charge in [0, 0.05) is 6.42 Å². The van der Waals surface area contributed by atoms with Gasteiger partial charge in [-0.05, 0) is 44.9 Å². The molecule has 0 radical (unpaired) electrons. The molecule has 2 fully saturated rings. The van der Waals surface area contributed by atoms with Crippen LogP contribution in [0.4, 0.5) is 0 Å². The molecule has 12 unspecified atom stereocenters. The fraction of sp³-hybridized carbons (Fsp3) is 0.928. The van der Waals surface area contributed by atoms with E-state index in [2.05, 4.69) is 43.5 Å². The average molecular weight is 1180 g/mol. The first-order chi connectivity index (χ1) is 40.6. The molecule has 2 saturated heterocycles. The monoisotopic (exact) mass is 1180 g/mol.